The Morgan fingerprint density at radius 1 is 1.16 bits per heavy atom. The first kappa shape index (κ1) is 21.0. The van der Waals surface area contributed by atoms with Gasteiger partial charge in [0.15, 0.2) is 5.82 Å². The molecule has 0 spiro atoms. The van der Waals surface area contributed by atoms with Crippen LogP contribution in [0.25, 0.3) is 0 Å². The molecule has 0 atom stereocenters. The number of hydrogen-bond acceptors (Lipinski definition) is 6. The number of carbonyl (C=O) groups is 2. The van der Waals surface area contributed by atoms with Crippen LogP contribution in [0, 0.1) is 16.0 Å². The maximum atomic E-state index is 12.7. The lowest BCUT2D eigenvalue weighted by molar-refractivity contribution is -0.384. The number of hydrogen-bond donors (Lipinski definition) is 0. The van der Waals surface area contributed by atoms with Crippen molar-refractivity contribution in [3.63, 3.8) is 0 Å². The largest absolute Gasteiger partial charge is 0.362 e. The highest BCUT2D eigenvalue weighted by atomic mass is 16.6. The lowest BCUT2D eigenvalue weighted by atomic mass is 10.0. The summed E-state index contributed by atoms with van der Waals surface area (Å²) in [5.41, 5.74) is 0.602. The second-order valence-corrected chi connectivity index (χ2v) is 8.37. The van der Waals surface area contributed by atoms with Crippen LogP contribution in [0.1, 0.15) is 48.3 Å². The van der Waals surface area contributed by atoms with E-state index in [1.807, 2.05) is 9.80 Å². The predicted molar refractivity (Wildman–Crippen MR) is 115 cm³/mol. The molecule has 1 aromatic heterocycles. The molecule has 0 radical (unpaired) electrons. The molecule has 0 bridgehead atoms. The van der Waals surface area contributed by atoms with E-state index in [1.54, 1.807) is 29.9 Å². The number of nitrogens with zero attached hydrogens (tertiary/aromatic N) is 5. The highest BCUT2D eigenvalue weighted by molar-refractivity contribution is 6.07. The van der Waals surface area contributed by atoms with Crippen molar-refractivity contribution < 1.29 is 14.5 Å². The minimum absolute atomic E-state index is 0.106. The molecule has 9 heteroatoms. The number of amides is 1. The number of ketones is 1. The lowest BCUT2D eigenvalue weighted by Gasteiger charge is -2.36. The summed E-state index contributed by atoms with van der Waals surface area (Å²) in [4.78, 5) is 44.4. The van der Waals surface area contributed by atoms with E-state index in [9.17, 15) is 19.7 Å². The Kier molecular flexibility index (Phi) is 6.01. The van der Waals surface area contributed by atoms with E-state index in [1.165, 1.54) is 25.1 Å². The molecule has 164 valence electrons. The molecule has 0 N–H and O–H groups in total. The number of aryl methyl sites for hydroxylation is 1. The van der Waals surface area contributed by atoms with Crippen LogP contribution in [-0.4, -0.2) is 57.2 Å². The van der Waals surface area contributed by atoms with Crippen molar-refractivity contribution in [2.45, 2.75) is 32.1 Å². The van der Waals surface area contributed by atoms with Crippen molar-refractivity contribution in [1.82, 2.24) is 14.5 Å². The molecule has 1 amide bonds. The van der Waals surface area contributed by atoms with Gasteiger partial charge in [-0.05, 0) is 30.9 Å². The zero-order valence-corrected chi connectivity index (χ0v) is 17.7. The summed E-state index contributed by atoms with van der Waals surface area (Å²) in [5.74, 6) is 0.577. The molecule has 2 heterocycles. The minimum atomic E-state index is -0.456. The Bertz CT molecular complexity index is 988. The quantitative estimate of drug-likeness (QED) is 0.401. The molecule has 2 aliphatic rings. The monoisotopic (exact) mass is 425 g/mol. The van der Waals surface area contributed by atoms with Crippen molar-refractivity contribution in [1.29, 1.82) is 0 Å². The molecule has 1 aliphatic carbocycles. The number of piperazine rings is 1. The van der Waals surface area contributed by atoms with Gasteiger partial charge < -0.3 is 14.4 Å². The summed E-state index contributed by atoms with van der Waals surface area (Å²) >= 11 is 0. The molecular weight excluding hydrogens is 398 g/mol. The standard InChI is InChI=1S/C22H27N5O4/c1-24-9-8-23-22(24)21(29)17-6-7-18(19(15-17)27(30)31)25-10-12-26(13-11-25)20(28)14-16-4-2-3-5-16/h6-9,15-16H,2-5,10-14H2,1H3. The van der Waals surface area contributed by atoms with Crippen molar-refractivity contribution in [3.05, 3.63) is 52.1 Å². The van der Waals surface area contributed by atoms with E-state index in [0.29, 0.717) is 44.2 Å². The molecule has 1 saturated heterocycles. The Hall–Kier alpha value is -3.23. The molecule has 0 unspecified atom stereocenters. The summed E-state index contributed by atoms with van der Waals surface area (Å²) in [6, 6.07) is 4.56. The number of anilines is 1. The van der Waals surface area contributed by atoms with Crippen molar-refractivity contribution in [2.75, 3.05) is 31.1 Å². The van der Waals surface area contributed by atoms with Gasteiger partial charge in [0.2, 0.25) is 11.7 Å². The van der Waals surface area contributed by atoms with Crippen LogP contribution in [0.4, 0.5) is 11.4 Å². The summed E-state index contributed by atoms with van der Waals surface area (Å²) in [6.45, 7) is 2.17. The zero-order valence-electron chi connectivity index (χ0n) is 17.7. The van der Waals surface area contributed by atoms with E-state index in [4.69, 9.17) is 0 Å². The van der Waals surface area contributed by atoms with Crippen LogP contribution in [0.2, 0.25) is 0 Å². The first-order valence-electron chi connectivity index (χ1n) is 10.8. The third-order valence-electron chi connectivity index (χ3n) is 6.37. The SMILES string of the molecule is Cn1ccnc1C(=O)c1ccc(N2CCN(C(=O)CC3CCCC3)CC2)c([N+](=O)[O-])c1. The molecule has 1 aromatic carbocycles. The molecule has 1 saturated carbocycles. The highest BCUT2D eigenvalue weighted by Gasteiger charge is 2.29. The second-order valence-electron chi connectivity index (χ2n) is 8.37. The Morgan fingerprint density at radius 3 is 2.48 bits per heavy atom. The number of benzene rings is 1. The molecule has 31 heavy (non-hydrogen) atoms. The average Bonchev–Trinajstić information content (AvgIpc) is 3.44. The Labute approximate surface area is 180 Å². The first-order valence-corrected chi connectivity index (χ1v) is 10.8. The van der Waals surface area contributed by atoms with Gasteiger partial charge in [0, 0.05) is 63.7 Å². The third kappa shape index (κ3) is 4.45. The molecule has 2 aromatic rings. The fourth-order valence-corrected chi connectivity index (χ4v) is 4.58. The van der Waals surface area contributed by atoms with Crippen molar-refractivity contribution >= 4 is 23.1 Å². The topological polar surface area (TPSA) is 102 Å². The van der Waals surface area contributed by atoms with Crippen LogP contribution in [0.5, 0.6) is 0 Å². The molecule has 2 fully saturated rings. The summed E-state index contributed by atoms with van der Waals surface area (Å²) in [7, 11) is 1.70. The fourth-order valence-electron chi connectivity index (χ4n) is 4.58. The van der Waals surface area contributed by atoms with Crippen LogP contribution >= 0.6 is 0 Å². The van der Waals surface area contributed by atoms with Gasteiger partial charge in [0.05, 0.1) is 4.92 Å². The van der Waals surface area contributed by atoms with E-state index in [0.717, 1.165) is 12.8 Å². The van der Waals surface area contributed by atoms with Gasteiger partial charge in [-0.25, -0.2) is 4.98 Å². The maximum absolute atomic E-state index is 12.7. The van der Waals surface area contributed by atoms with Gasteiger partial charge in [-0.2, -0.15) is 0 Å². The van der Waals surface area contributed by atoms with Crippen LogP contribution < -0.4 is 4.90 Å². The lowest BCUT2D eigenvalue weighted by Crippen LogP contribution is -2.49. The van der Waals surface area contributed by atoms with Gasteiger partial charge >= 0.3 is 0 Å². The second kappa shape index (κ2) is 8.87. The Balaban J connectivity index is 1.46. The normalized spacial score (nSPS) is 17.2. The van der Waals surface area contributed by atoms with Gasteiger partial charge in [-0.1, -0.05) is 12.8 Å². The summed E-state index contributed by atoms with van der Waals surface area (Å²) in [6.07, 6.45) is 8.50. The van der Waals surface area contributed by atoms with Crippen molar-refractivity contribution in [3.8, 4) is 0 Å². The number of nitro benzene ring substituents is 1. The van der Waals surface area contributed by atoms with Crippen LogP contribution in [0.3, 0.4) is 0 Å². The van der Waals surface area contributed by atoms with Gasteiger partial charge in [0.1, 0.15) is 5.69 Å². The third-order valence-corrected chi connectivity index (χ3v) is 6.37. The summed E-state index contributed by atoms with van der Waals surface area (Å²) in [5, 5.41) is 11.7. The zero-order chi connectivity index (χ0) is 22.0. The highest BCUT2D eigenvalue weighted by Crippen LogP contribution is 2.32. The van der Waals surface area contributed by atoms with Crippen molar-refractivity contribution in [2.24, 2.45) is 13.0 Å². The van der Waals surface area contributed by atoms with E-state index >= 15 is 0 Å². The van der Waals surface area contributed by atoms with Gasteiger partial charge in [0.25, 0.3) is 5.69 Å². The number of imidazole rings is 1. The molecule has 4 rings (SSSR count). The average molecular weight is 425 g/mol. The molecule has 1 aliphatic heterocycles. The number of aromatic nitrogens is 2. The van der Waals surface area contributed by atoms with Gasteiger partial charge in [-0.15, -0.1) is 0 Å². The number of rotatable bonds is 6. The van der Waals surface area contributed by atoms with E-state index in [2.05, 4.69) is 4.98 Å². The molecular formula is C22H27N5O4. The first-order chi connectivity index (χ1) is 14.9. The van der Waals surface area contributed by atoms with E-state index < -0.39 is 4.92 Å². The molecule has 9 nitrogen and oxygen atoms in total. The summed E-state index contributed by atoms with van der Waals surface area (Å²) < 4.78 is 1.59. The maximum Gasteiger partial charge on any atom is 0.293 e. The predicted octanol–water partition coefficient (Wildman–Crippen LogP) is 2.79. The number of nitro groups is 1. The Morgan fingerprint density at radius 2 is 1.87 bits per heavy atom. The van der Waals surface area contributed by atoms with Crippen LogP contribution in [0.15, 0.2) is 30.6 Å². The van der Waals surface area contributed by atoms with E-state index in [-0.39, 0.29) is 28.8 Å². The number of carbonyl (C=O) groups excluding carboxylic acids is 2. The van der Waals surface area contributed by atoms with Crippen LogP contribution in [-0.2, 0) is 11.8 Å². The van der Waals surface area contributed by atoms with Gasteiger partial charge in [-0.3, -0.25) is 19.7 Å². The fraction of sp³-hybridized carbons (Fsp3) is 0.500. The minimum Gasteiger partial charge on any atom is -0.362 e. The smallest absolute Gasteiger partial charge is 0.293 e.